The van der Waals surface area contributed by atoms with E-state index in [2.05, 4.69) is 10.2 Å². The van der Waals surface area contributed by atoms with Gasteiger partial charge in [-0.15, -0.1) is 0 Å². The first-order chi connectivity index (χ1) is 13.9. The summed E-state index contributed by atoms with van der Waals surface area (Å²) in [5, 5.41) is 2.89. The van der Waals surface area contributed by atoms with E-state index in [4.69, 9.17) is 4.74 Å². The Morgan fingerprint density at radius 2 is 1.90 bits per heavy atom. The summed E-state index contributed by atoms with van der Waals surface area (Å²) in [7, 11) is 1.78. The minimum absolute atomic E-state index is 0.0202. The van der Waals surface area contributed by atoms with Crippen molar-refractivity contribution in [3.63, 3.8) is 0 Å². The second-order valence-corrected chi connectivity index (χ2v) is 7.64. The van der Waals surface area contributed by atoms with Crippen LogP contribution in [0.3, 0.4) is 0 Å². The number of nitrogens with one attached hydrogen (secondary N) is 1. The van der Waals surface area contributed by atoms with E-state index in [0.717, 1.165) is 17.1 Å². The maximum Gasteiger partial charge on any atom is 0.237 e. The van der Waals surface area contributed by atoms with Crippen LogP contribution in [0, 0.1) is 0 Å². The van der Waals surface area contributed by atoms with E-state index in [-0.39, 0.29) is 24.3 Å². The topological polar surface area (TPSA) is 61.9 Å². The van der Waals surface area contributed by atoms with Gasteiger partial charge in [0, 0.05) is 32.7 Å². The Labute approximate surface area is 172 Å². The standard InChI is InChI=1S/C23H29N3O3/c1-17(2)25(3)22(27)15-21-23(28)24-12-13-26(21)16-18-8-7-11-20(14-18)29-19-9-5-4-6-10-19/h4-11,14,17,21H,12-13,15-16H2,1-3H3,(H,24,28). The van der Waals surface area contributed by atoms with E-state index in [1.165, 1.54) is 0 Å². The molecule has 1 heterocycles. The molecule has 29 heavy (non-hydrogen) atoms. The summed E-state index contributed by atoms with van der Waals surface area (Å²) < 4.78 is 5.92. The van der Waals surface area contributed by atoms with Crippen molar-refractivity contribution in [1.82, 2.24) is 15.1 Å². The van der Waals surface area contributed by atoms with Crippen LogP contribution >= 0.6 is 0 Å². The number of piperazine rings is 1. The summed E-state index contributed by atoms with van der Waals surface area (Å²) in [5.74, 6) is 1.43. The van der Waals surface area contributed by atoms with Crippen molar-refractivity contribution in [3.05, 3.63) is 60.2 Å². The lowest BCUT2D eigenvalue weighted by Crippen LogP contribution is -2.56. The first-order valence-corrected chi connectivity index (χ1v) is 10.0. The van der Waals surface area contributed by atoms with Crippen LogP contribution in [0.25, 0.3) is 0 Å². The van der Waals surface area contributed by atoms with E-state index >= 15 is 0 Å². The lowest BCUT2D eigenvalue weighted by molar-refractivity contribution is -0.139. The number of hydrogen-bond donors (Lipinski definition) is 1. The smallest absolute Gasteiger partial charge is 0.237 e. The molecule has 2 aromatic carbocycles. The molecule has 1 aliphatic rings. The van der Waals surface area contributed by atoms with Gasteiger partial charge in [-0.1, -0.05) is 30.3 Å². The summed E-state index contributed by atoms with van der Waals surface area (Å²) in [6.45, 7) is 5.81. The largest absolute Gasteiger partial charge is 0.457 e. The Bertz CT molecular complexity index is 838. The lowest BCUT2D eigenvalue weighted by atomic mass is 10.1. The number of hydrogen-bond acceptors (Lipinski definition) is 4. The number of rotatable bonds is 7. The van der Waals surface area contributed by atoms with Gasteiger partial charge in [-0.05, 0) is 43.7 Å². The predicted octanol–water partition coefficient (Wildman–Crippen LogP) is 3.04. The average molecular weight is 396 g/mol. The molecule has 3 rings (SSSR count). The van der Waals surface area contributed by atoms with Crippen LogP contribution < -0.4 is 10.1 Å². The molecule has 0 saturated carbocycles. The molecule has 0 aliphatic carbocycles. The van der Waals surface area contributed by atoms with E-state index < -0.39 is 6.04 Å². The normalized spacial score (nSPS) is 17.1. The maximum atomic E-state index is 12.6. The van der Waals surface area contributed by atoms with E-state index in [0.29, 0.717) is 19.6 Å². The van der Waals surface area contributed by atoms with Gasteiger partial charge in [-0.3, -0.25) is 14.5 Å². The molecular formula is C23H29N3O3. The molecular weight excluding hydrogens is 366 g/mol. The molecule has 2 amide bonds. The molecule has 1 saturated heterocycles. The van der Waals surface area contributed by atoms with Gasteiger partial charge in [-0.25, -0.2) is 0 Å². The Morgan fingerprint density at radius 1 is 1.17 bits per heavy atom. The highest BCUT2D eigenvalue weighted by Crippen LogP contribution is 2.23. The number of ether oxygens (including phenoxy) is 1. The molecule has 1 N–H and O–H groups in total. The average Bonchev–Trinajstić information content (AvgIpc) is 2.71. The van der Waals surface area contributed by atoms with E-state index in [1.807, 2.05) is 68.4 Å². The van der Waals surface area contributed by atoms with Crippen LogP contribution in [0.2, 0.25) is 0 Å². The molecule has 1 aliphatic heterocycles. The van der Waals surface area contributed by atoms with Crippen LogP contribution in [0.1, 0.15) is 25.8 Å². The van der Waals surface area contributed by atoms with E-state index in [9.17, 15) is 9.59 Å². The molecule has 2 aromatic rings. The number of para-hydroxylation sites is 1. The van der Waals surface area contributed by atoms with Crippen molar-refractivity contribution >= 4 is 11.8 Å². The molecule has 154 valence electrons. The number of nitrogens with zero attached hydrogens (tertiary/aromatic N) is 2. The monoisotopic (exact) mass is 395 g/mol. The molecule has 0 spiro atoms. The third-order valence-corrected chi connectivity index (χ3v) is 5.24. The van der Waals surface area contributed by atoms with Crippen molar-refractivity contribution in [1.29, 1.82) is 0 Å². The summed E-state index contributed by atoms with van der Waals surface area (Å²) in [6, 6.07) is 17.1. The van der Waals surface area contributed by atoms with Gasteiger partial charge in [0.25, 0.3) is 0 Å². The number of carbonyl (C=O) groups is 2. The molecule has 0 bridgehead atoms. The highest BCUT2D eigenvalue weighted by molar-refractivity contribution is 5.88. The number of carbonyl (C=O) groups excluding carboxylic acids is 2. The first kappa shape index (κ1) is 20.9. The van der Waals surface area contributed by atoms with Gasteiger partial charge in [-0.2, -0.15) is 0 Å². The van der Waals surface area contributed by atoms with Crippen molar-refractivity contribution in [2.45, 2.75) is 38.9 Å². The number of benzene rings is 2. The third-order valence-electron chi connectivity index (χ3n) is 5.24. The molecule has 0 radical (unpaired) electrons. The van der Waals surface area contributed by atoms with Gasteiger partial charge in [0.05, 0.1) is 12.5 Å². The predicted molar refractivity (Wildman–Crippen MR) is 113 cm³/mol. The molecule has 1 unspecified atom stereocenters. The van der Waals surface area contributed by atoms with Crippen LogP contribution in [0.4, 0.5) is 0 Å². The molecule has 1 atom stereocenters. The molecule has 1 fully saturated rings. The van der Waals surface area contributed by atoms with E-state index in [1.54, 1.807) is 11.9 Å². The zero-order chi connectivity index (χ0) is 20.8. The summed E-state index contributed by atoms with van der Waals surface area (Å²) >= 11 is 0. The highest BCUT2D eigenvalue weighted by Gasteiger charge is 2.32. The summed E-state index contributed by atoms with van der Waals surface area (Å²) in [6.07, 6.45) is 0.181. The zero-order valence-corrected chi connectivity index (χ0v) is 17.3. The second-order valence-electron chi connectivity index (χ2n) is 7.64. The molecule has 6 nitrogen and oxygen atoms in total. The Kier molecular flexibility index (Phi) is 6.88. The fraction of sp³-hybridized carbons (Fsp3) is 0.391. The van der Waals surface area contributed by atoms with Crippen LogP contribution in [0.15, 0.2) is 54.6 Å². The fourth-order valence-electron chi connectivity index (χ4n) is 3.34. The van der Waals surface area contributed by atoms with Gasteiger partial charge in [0.1, 0.15) is 11.5 Å². The van der Waals surface area contributed by atoms with Crippen LogP contribution in [-0.2, 0) is 16.1 Å². The first-order valence-electron chi connectivity index (χ1n) is 10.0. The van der Waals surface area contributed by atoms with Crippen LogP contribution in [0.5, 0.6) is 11.5 Å². The van der Waals surface area contributed by atoms with Gasteiger partial charge in [0.2, 0.25) is 11.8 Å². The van der Waals surface area contributed by atoms with Crippen molar-refractivity contribution in [2.24, 2.45) is 0 Å². The van der Waals surface area contributed by atoms with Gasteiger partial charge in [0.15, 0.2) is 0 Å². The van der Waals surface area contributed by atoms with Crippen molar-refractivity contribution in [3.8, 4) is 11.5 Å². The van der Waals surface area contributed by atoms with Gasteiger partial charge < -0.3 is 15.0 Å². The molecule has 0 aromatic heterocycles. The van der Waals surface area contributed by atoms with Crippen molar-refractivity contribution < 1.29 is 14.3 Å². The minimum Gasteiger partial charge on any atom is -0.457 e. The Morgan fingerprint density at radius 3 is 2.62 bits per heavy atom. The number of amides is 2. The quantitative estimate of drug-likeness (QED) is 0.783. The minimum atomic E-state index is -0.462. The SMILES string of the molecule is CC(C)N(C)C(=O)CC1C(=O)NCCN1Cc1cccc(Oc2ccccc2)c1. The zero-order valence-electron chi connectivity index (χ0n) is 17.3. The Balaban J connectivity index is 1.70. The second kappa shape index (κ2) is 9.56. The summed E-state index contributed by atoms with van der Waals surface area (Å²) in [5.41, 5.74) is 1.04. The fourth-order valence-corrected chi connectivity index (χ4v) is 3.34. The third kappa shape index (κ3) is 5.57. The maximum absolute atomic E-state index is 12.6. The Hall–Kier alpha value is -2.86. The highest BCUT2D eigenvalue weighted by atomic mass is 16.5. The van der Waals surface area contributed by atoms with Gasteiger partial charge >= 0.3 is 0 Å². The van der Waals surface area contributed by atoms with Crippen LogP contribution in [-0.4, -0.2) is 53.8 Å². The molecule has 6 heteroatoms. The van der Waals surface area contributed by atoms with Crippen molar-refractivity contribution in [2.75, 3.05) is 20.1 Å². The lowest BCUT2D eigenvalue weighted by Gasteiger charge is -2.36. The summed E-state index contributed by atoms with van der Waals surface area (Å²) in [4.78, 5) is 28.8.